The van der Waals surface area contributed by atoms with Gasteiger partial charge in [0.25, 0.3) is 0 Å². The summed E-state index contributed by atoms with van der Waals surface area (Å²) in [6.45, 7) is 15.1. The maximum Gasteiger partial charge on any atom is 0.185 e. The van der Waals surface area contributed by atoms with E-state index in [-0.39, 0.29) is 0 Å². The van der Waals surface area contributed by atoms with Crippen LogP contribution in [0.4, 0.5) is 5.13 Å². The number of ether oxygens (including phenoxy) is 1. The number of rotatable bonds is 10. The summed E-state index contributed by atoms with van der Waals surface area (Å²) in [5, 5.41) is 4.62. The van der Waals surface area contributed by atoms with Crippen LogP contribution in [0.3, 0.4) is 0 Å². The molecule has 0 saturated carbocycles. The number of hydrogen-bond donors (Lipinski definition) is 1. The van der Waals surface area contributed by atoms with Gasteiger partial charge in [-0.25, -0.2) is 4.98 Å². The van der Waals surface area contributed by atoms with Crippen LogP contribution in [-0.4, -0.2) is 37.3 Å². The number of thiazole rings is 1. The lowest BCUT2D eigenvalue weighted by Gasteiger charge is -2.19. The summed E-state index contributed by atoms with van der Waals surface area (Å²) in [7, 11) is 0. The standard InChI is InChI=1S/C15H29N3OS/c1-6-13-14(11-16-12(4)5)20-15(17-13)18(7-2)9-10-19-8-3/h12,16H,6-11H2,1-5H3. The second-order valence-corrected chi connectivity index (χ2v) is 6.09. The van der Waals surface area contributed by atoms with Crippen molar-refractivity contribution in [2.45, 2.75) is 53.6 Å². The number of nitrogens with one attached hydrogen (secondary N) is 1. The maximum absolute atomic E-state index is 5.45. The molecule has 0 radical (unpaired) electrons. The van der Waals surface area contributed by atoms with Crippen molar-refractivity contribution in [3.05, 3.63) is 10.6 Å². The Hall–Kier alpha value is -0.650. The number of nitrogens with zero attached hydrogens (tertiary/aromatic N) is 2. The van der Waals surface area contributed by atoms with Crippen molar-refractivity contribution >= 4 is 16.5 Å². The summed E-state index contributed by atoms with van der Waals surface area (Å²) in [5.74, 6) is 0. The summed E-state index contributed by atoms with van der Waals surface area (Å²) in [4.78, 5) is 8.48. The zero-order valence-corrected chi connectivity index (χ0v) is 14.3. The molecule has 0 saturated heterocycles. The van der Waals surface area contributed by atoms with E-state index in [1.807, 2.05) is 18.3 Å². The molecule has 0 bridgehead atoms. The van der Waals surface area contributed by atoms with Gasteiger partial charge in [0.15, 0.2) is 5.13 Å². The predicted octanol–water partition coefficient (Wildman–Crippen LogP) is 3.07. The Labute approximate surface area is 127 Å². The van der Waals surface area contributed by atoms with E-state index < -0.39 is 0 Å². The highest BCUT2D eigenvalue weighted by atomic mass is 32.1. The van der Waals surface area contributed by atoms with E-state index in [1.54, 1.807) is 0 Å². The monoisotopic (exact) mass is 299 g/mol. The number of aryl methyl sites for hydroxylation is 1. The molecule has 1 N–H and O–H groups in total. The largest absolute Gasteiger partial charge is 0.380 e. The minimum atomic E-state index is 0.505. The highest BCUT2D eigenvalue weighted by Crippen LogP contribution is 2.26. The fourth-order valence-electron chi connectivity index (χ4n) is 1.92. The summed E-state index contributed by atoms with van der Waals surface area (Å²) in [6, 6.07) is 0.505. The lowest BCUT2D eigenvalue weighted by Crippen LogP contribution is -2.27. The number of aromatic nitrogens is 1. The van der Waals surface area contributed by atoms with Crippen molar-refractivity contribution in [3.8, 4) is 0 Å². The molecule has 0 spiro atoms. The van der Waals surface area contributed by atoms with Gasteiger partial charge in [-0.15, -0.1) is 11.3 Å². The first-order chi connectivity index (χ1) is 9.62. The number of likely N-dealkylation sites (N-methyl/N-ethyl adjacent to an activating group) is 1. The Kier molecular flexibility index (Phi) is 8.11. The Bertz CT molecular complexity index is 379. The molecule has 5 heteroatoms. The van der Waals surface area contributed by atoms with Gasteiger partial charge >= 0.3 is 0 Å². The fourth-order valence-corrected chi connectivity index (χ4v) is 3.11. The first-order valence-electron chi connectivity index (χ1n) is 7.66. The molecule has 1 rings (SSSR count). The molecule has 116 valence electrons. The Balaban J connectivity index is 2.72. The number of anilines is 1. The van der Waals surface area contributed by atoms with Crippen LogP contribution < -0.4 is 10.2 Å². The van der Waals surface area contributed by atoms with E-state index in [0.29, 0.717) is 6.04 Å². The molecule has 0 unspecified atom stereocenters. The van der Waals surface area contributed by atoms with E-state index in [4.69, 9.17) is 9.72 Å². The fraction of sp³-hybridized carbons (Fsp3) is 0.800. The molecule has 0 amide bonds. The van der Waals surface area contributed by atoms with Crippen LogP contribution in [0.1, 0.15) is 45.2 Å². The van der Waals surface area contributed by atoms with E-state index in [0.717, 1.165) is 44.4 Å². The van der Waals surface area contributed by atoms with Crippen molar-refractivity contribution in [1.82, 2.24) is 10.3 Å². The topological polar surface area (TPSA) is 37.4 Å². The normalized spacial score (nSPS) is 11.3. The third kappa shape index (κ3) is 5.38. The molecular weight excluding hydrogens is 270 g/mol. The molecular formula is C15H29N3OS. The zero-order chi connectivity index (χ0) is 15.0. The first-order valence-corrected chi connectivity index (χ1v) is 8.48. The molecule has 1 aromatic rings. The maximum atomic E-state index is 5.45. The van der Waals surface area contributed by atoms with E-state index in [2.05, 4.69) is 37.9 Å². The van der Waals surface area contributed by atoms with Crippen LogP contribution in [0.15, 0.2) is 0 Å². The van der Waals surface area contributed by atoms with Gasteiger partial charge in [-0.2, -0.15) is 0 Å². The van der Waals surface area contributed by atoms with Gasteiger partial charge in [0.2, 0.25) is 0 Å². The average molecular weight is 299 g/mol. The highest BCUT2D eigenvalue weighted by molar-refractivity contribution is 7.15. The molecule has 4 nitrogen and oxygen atoms in total. The molecule has 0 aromatic carbocycles. The third-order valence-electron chi connectivity index (χ3n) is 3.13. The second kappa shape index (κ2) is 9.32. The summed E-state index contributed by atoms with van der Waals surface area (Å²) >= 11 is 1.81. The molecule has 1 heterocycles. The zero-order valence-electron chi connectivity index (χ0n) is 13.5. The lowest BCUT2D eigenvalue weighted by molar-refractivity contribution is 0.154. The van der Waals surface area contributed by atoms with Crippen molar-refractivity contribution in [2.75, 3.05) is 31.2 Å². The van der Waals surface area contributed by atoms with Crippen molar-refractivity contribution in [2.24, 2.45) is 0 Å². The Morgan fingerprint density at radius 1 is 1.30 bits per heavy atom. The minimum Gasteiger partial charge on any atom is -0.380 e. The van der Waals surface area contributed by atoms with Gasteiger partial charge in [-0.3, -0.25) is 0 Å². The minimum absolute atomic E-state index is 0.505. The van der Waals surface area contributed by atoms with Crippen LogP contribution in [0, 0.1) is 0 Å². The van der Waals surface area contributed by atoms with Gasteiger partial charge < -0.3 is 15.0 Å². The molecule has 20 heavy (non-hydrogen) atoms. The van der Waals surface area contributed by atoms with E-state index in [1.165, 1.54) is 10.6 Å². The van der Waals surface area contributed by atoms with Crippen LogP contribution >= 0.6 is 11.3 Å². The van der Waals surface area contributed by atoms with Gasteiger partial charge in [0.1, 0.15) is 0 Å². The van der Waals surface area contributed by atoms with Gasteiger partial charge in [0.05, 0.1) is 12.3 Å². The summed E-state index contributed by atoms with van der Waals surface area (Å²) in [5.41, 5.74) is 1.23. The van der Waals surface area contributed by atoms with Gasteiger partial charge in [-0.1, -0.05) is 20.8 Å². The first kappa shape index (κ1) is 17.4. The molecule has 0 aliphatic carbocycles. The van der Waals surface area contributed by atoms with Crippen LogP contribution in [-0.2, 0) is 17.7 Å². The number of hydrogen-bond acceptors (Lipinski definition) is 5. The highest BCUT2D eigenvalue weighted by Gasteiger charge is 2.14. The van der Waals surface area contributed by atoms with Crippen LogP contribution in [0.2, 0.25) is 0 Å². The second-order valence-electron chi connectivity index (χ2n) is 5.03. The van der Waals surface area contributed by atoms with Crippen molar-refractivity contribution in [3.63, 3.8) is 0 Å². The van der Waals surface area contributed by atoms with Crippen LogP contribution in [0.25, 0.3) is 0 Å². The molecule has 0 aliphatic rings. The molecule has 0 atom stereocenters. The molecule has 0 aliphatic heterocycles. The predicted molar refractivity (Wildman–Crippen MR) is 87.8 cm³/mol. The Morgan fingerprint density at radius 2 is 2.05 bits per heavy atom. The third-order valence-corrected chi connectivity index (χ3v) is 4.29. The Morgan fingerprint density at radius 3 is 2.60 bits per heavy atom. The SMILES string of the molecule is CCOCCN(CC)c1nc(CC)c(CNC(C)C)s1. The smallest absolute Gasteiger partial charge is 0.185 e. The average Bonchev–Trinajstić information content (AvgIpc) is 2.84. The van der Waals surface area contributed by atoms with E-state index in [9.17, 15) is 0 Å². The lowest BCUT2D eigenvalue weighted by atomic mass is 10.3. The van der Waals surface area contributed by atoms with Gasteiger partial charge in [0, 0.05) is 37.2 Å². The van der Waals surface area contributed by atoms with Crippen LogP contribution in [0.5, 0.6) is 0 Å². The summed E-state index contributed by atoms with van der Waals surface area (Å²) < 4.78 is 5.45. The molecule has 1 aromatic heterocycles. The van der Waals surface area contributed by atoms with Crippen molar-refractivity contribution in [1.29, 1.82) is 0 Å². The quantitative estimate of drug-likeness (QED) is 0.674. The molecule has 0 fully saturated rings. The van der Waals surface area contributed by atoms with Gasteiger partial charge in [-0.05, 0) is 20.3 Å². The summed E-state index contributed by atoms with van der Waals surface area (Å²) in [6.07, 6.45) is 0.995. The van der Waals surface area contributed by atoms with Crippen molar-refractivity contribution < 1.29 is 4.74 Å². The van der Waals surface area contributed by atoms with E-state index >= 15 is 0 Å².